The van der Waals surface area contributed by atoms with Crippen LogP contribution in [0.25, 0.3) is 5.95 Å². The van der Waals surface area contributed by atoms with Crippen molar-refractivity contribution in [3.05, 3.63) is 59.8 Å². The van der Waals surface area contributed by atoms with Gasteiger partial charge >= 0.3 is 0 Å². The summed E-state index contributed by atoms with van der Waals surface area (Å²) in [7, 11) is -1.80. The van der Waals surface area contributed by atoms with Gasteiger partial charge in [0.1, 0.15) is 23.0 Å². The van der Waals surface area contributed by atoms with Gasteiger partial charge in [0.05, 0.1) is 19.4 Å². The van der Waals surface area contributed by atoms with Gasteiger partial charge in [-0.05, 0) is 24.1 Å². The number of benzene rings is 1. The number of nitrogens with zero attached hydrogens (tertiary/aromatic N) is 6. The van der Waals surface area contributed by atoms with Crippen molar-refractivity contribution in [2.24, 2.45) is 0 Å². The Morgan fingerprint density at radius 1 is 1.22 bits per heavy atom. The summed E-state index contributed by atoms with van der Waals surface area (Å²) in [5, 5.41) is 3.18. The summed E-state index contributed by atoms with van der Waals surface area (Å²) in [5.41, 5.74) is 1.07. The van der Waals surface area contributed by atoms with Gasteiger partial charge < -0.3 is 15.0 Å². The maximum Gasteiger partial charge on any atom is 0.238 e. The minimum absolute atomic E-state index is 0.0939. The van der Waals surface area contributed by atoms with Gasteiger partial charge in [0.25, 0.3) is 0 Å². The molecule has 2 aromatic heterocycles. The molecule has 1 N–H and O–H groups in total. The highest BCUT2D eigenvalue weighted by Gasteiger charge is 2.34. The number of anilines is 1. The Morgan fingerprint density at radius 2 is 2.00 bits per heavy atom. The van der Waals surface area contributed by atoms with E-state index in [1.807, 2.05) is 29.2 Å². The lowest BCUT2D eigenvalue weighted by Gasteiger charge is -2.41. The van der Waals surface area contributed by atoms with Crippen LogP contribution in [0.2, 0.25) is 5.15 Å². The highest BCUT2D eigenvalue weighted by atomic mass is 35.5. The summed E-state index contributed by atoms with van der Waals surface area (Å²) < 4.78 is 32.7. The monoisotopic (exact) mass is 533 g/mol. The standard InChI is InChI=1S/C23H28ClN7O4S/c1-35-19-5-3-17(4-6-19)7-8-26-22(32)13-18-15-30(36(2,33)34)11-12-31(18)21-14-20(24)27-23(28-21)29-10-9-25-16-29/h3-6,9-10,14,16,18H,7-8,11-13,15H2,1-2H3,(H,26,32). The van der Waals surface area contributed by atoms with Crippen molar-refractivity contribution < 1.29 is 17.9 Å². The fraction of sp³-hybridized carbons (Fsp3) is 0.391. The van der Waals surface area contributed by atoms with Crippen molar-refractivity contribution in [1.29, 1.82) is 0 Å². The first-order valence-electron chi connectivity index (χ1n) is 11.4. The summed E-state index contributed by atoms with van der Waals surface area (Å²) in [4.78, 5) is 27.6. The molecule has 0 spiro atoms. The number of carbonyl (C=O) groups is 1. The second-order valence-corrected chi connectivity index (χ2v) is 10.8. The minimum atomic E-state index is -3.42. The van der Waals surface area contributed by atoms with Crippen LogP contribution in [0.1, 0.15) is 12.0 Å². The normalized spacial score (nSPS) is 16.6. The molecule has 192 valence electrons. The van der Waals surface area contributed by atoms with E-state index < -0.39 is 16.1 Å². The molecule has 0 bridgehead atoms. The van der Waals surface area contributed by atoms with Crippen LogP contribution in [0.5, 0.6) is 5.75 Å². The first-order chi connectivity index (χ1) is 17.2. The molecule has 1 aliphatic heterocycles. The van der Waals surface area contributed by atoms with Gasteiger partial charge in [0, 0.05) is 51.1 Å². The Morgan fingerprint density at radius 3 is 2.67 bits per heavy atom. The van der Waals surface area contributed by atoms with E-state index in [0.717, 1.165) is 11.3 Å². The number of hydrogen-bond donors (Lipinski definition) is 1. The van der Waals surface area contributed by atoms with Gasteiger partial charge in [0.15, 0.2) is 0 Å². The van der Waals surface area contributed by atoms with Gasteiger partial charge in [-0.1, -0.05) is 23.7 Å². The Balaban J connectivity index is 1.47. The van der Waals surface area contributed by atoms with Gasteiger partial charge in [-0.25, -0.2) is 18.4 Å². The van der Waals surface area contributed by atoms with E-state index >= 15 is 0 Å². The number of imidazole rings is 1. The third-order valence-electron chi connectivity index (χ3n) is 5.93. The number of aromatic nitrogens is 4. The maximum absolute atomic E-state index is 12.9. The van der Waals surface area contributed by atoms with Crippen molar-refractivity contribution in [3.8, 4) is 11.7 Å². The number of ether oxygens (including phenoxy) is 1. The van der Waals surface area contributed by atoms with E-state index in [1.54, 1.807) is 36.5 Å². The molecular formula is C23H28ClN7O4S. The lowest BCUT2D eigenvalue weighted by molar-refractivity contribution is -0.121. The second kappa shape index (κ2) is 11.2. The van der Waals surface area contributed by atoms with E-state index in [1.165, 1.54) is 10.6 Å². The zero-order valence-corrected chi connectivity index (χ0v) is 21.6. The van der Waals surface area contributed by atoms with E-state index in [0.29, 0.717) is 31.3 Å². The molecule has 1 aromatic carbocycles. The van der Waals surface area contributed by atoms with Crippen LogP contribution < -0.4 is 15.0 Å². The smallest absolute Gasteiger partial charge is 0.238 e. The molecule has 1 aliphatic rings. The molecule has 13 heteroatoms. The molecule has 3 aromatic rings. The Bertz CT molecular complexity index is 1290. The number of sulfonamides is 1. The Labute approximate surface area is 215 Å². The number of methoxy groups -OCH3 is 1. The Hall–Kier alpha value is -3.22. The van der Waals surface area contributed by atoms with Crippen molar-refractivity contribution >= 4 is 33.3 Å². The Kier molecular flexibility index (Phi) is 8.07. The number of piperazine rings is 1. The van der Waals surface area contributed by atoms with Gasteiger partial charge in [-0.15, -0.1) is 0 Å². The van der Waals surface area contributed by atoms with E-state index in [2.05, 4.69) is 20.3 Å². The highest BCUT2D eigenvalue weighted by Crippen LogP contribution is 2.25. The number of rotatable bonds is 9. The van der Waals surface area contributed by atoms with Crippen molar-refractivity contribution in [3.63, 3.8) is 0 Å². The van der Waals surface area contributed by atoms with Crippen LogP contribution in [0.15, 0.2) is 49.1 Å². The summed E-state index contributed by atoms with van der Waals surface area (Å²) in [5.74, 6) is 1.45. The molecule has 1 atom stereocenters. The van der Waals surface area contributed by atoms with Crippen LogP contribution in [-0.4, -0.2) is 83.7 Å². The lowest BCUT2D eigenvalue weighted by Crippen LogP contribution is -2.56. The van der Waals surface area contributed by atoms with Crippen molar-refractivity contribution in [2.45, 2.75) is 18.9 Å². The van der Waals surface area contributed by atoms with E-state index in [4.69, 9.17) is 16.3 Å². The average molecular weight is 534 g/mol. The van der Waals surface area contributed by atoms with Crippen LogP contribution >= 0.6 is 11.6 Å². The number of amides is 1. The molecule has 36 heavy (non-hydrogen) atoms. The number of carbonyl (C=O) groups excluding carboxylic acids is 1. The summed E-state index contributed by atoms with van der Waals surface area (Å²) >= 11 is 6.28. The van der Waals surface area contributed by atoms with Crippen molar-refractivity contribution in [2.75, 3.05) is 44.4 Å². The number of nitrogens with one attached hydrogen (secondary N) is 1. The van der Waals surface area contributed by atoms with Gasteiger partial charge in [0.2, 0.25) is 21.9 Å². The second-order valence-electron chi connectivity index (χ2n) is 8.44. The third-order valence-corrected chi connectivity index (χ3v) is 7.39. The van der Waals surface area contributed by atoms with Gasteiger partial charge in [-0.3, -0.25) is 9.36 Å². The number of hydrogen-bond acceptors (Lipinski definition) is 8. The van der Waals surface area contributed by atoms with Crippen LogP contribution in [0, 0.1) is 0 Å². The lowest BCUT2D eigenvalue weighted by atomic mass is 10.1. The fourth-order valence-electron chi connectivity index (χ4n) is 4.06. The molecule has 0 saturated carbocycles. The molecule has 0 aliphatic carbocycles. The first kappa shape index (κ1) is 25.9. The average Bonchev–Trinajstić information content (AvgIpc) is 3.39. The quantitative estimate of drug-likeness (QED) is 0.411. The first-order valence-corrected chi connectivity index (χ1v) is 13.6. The zero-order valence-electron chi connectivity index (χ0n) is 20.0. The zero-order chi connectivity index (χ0) is 25.7. The van der Waals surface area contributed by atoms with E-state index in [9.17, 15) is 13.2 Å². The van der Waals surface area contributed by atoms with Crippen LogP contribution in [-0.2, 0) is 21.2 Å². The van der Waals surface area contributed by atoms with Crippen molar-refractivity contribution in [1.82, 2.24) is 29.1 Å². The molecular weight excluding hydrogens is 506 g/mol. The molecule has 1 amide bonds. The van der Waals surface area contributed by atoms with Gasteiger partial charge in [-0.2, -0.15) is 9.29 Å². The molecule has 4 rings (SSSR count). The van der Waals surface area contributed by atoms with Crippen LogP contribution in [0.3, 0.4) is 0 Å². The SMILES string of the molecule is COc1ccc(CCNC(=O)CC2CN(S(C)(=O)=O)CCN2c2cc(Cl)nc(-n3ccnc3)n2)cc1. The predicted molar refractivity (Wildman–Crippen MR) is 136 cm³/mol. The van der Waals surface area contributed by atoms with Crippen LogP contribution in [0.4, 0.5) is 5.82 Å². The molecule has 1 unspecified atom stereocenters. The topological polar surface area (TPSA) is 123 Å². The summed E-state index contributed by atoms with van der Waals surface area (Å²) in [6, 6.07) is 8.84. The molecule has 3 heterocycles. The largest absolute Gasteiger partial charge is 0.497 e. The van der Waals surface area contributed by atoms with E-state index in [-0.39, 0.29) is 30.6 Å². The third kappa shape index (κ3) is 6.50. The summed E-state index contributed by atoms with van der Waals surface area (Å²) in [6.07, 6.45) is 6.79. The maximum atomic E-state index is 12.9. The molecule has 1 saturated heterocycles. The predicted octanol–water partition coefficient (Wildman–Crippen LogP) is 1.52. The fourth-order valence-corrected chi connectivity index (χ4v) is 5.09. The molecule has 0 radical (unpaired) electrons. The summed E-state index contributed by atoms with van der Waals surface area (Å²) in [6.45, 7) is 1.24. The minimum Gasteiger partial charge on any atom is -0.497 e. The molecule has 1 fully saturated rings. The molecule has 11 nitrogen and oxygen atoms in total. The number of halogens is 1. The highest BCUT2D eigenvalue weighted by molar-refractivity contribution is 7.88.